The molecule has 0 spiro atoms. The molecule has 3 aromatic rings. The first-order valence-corrected chi connectivity index (χ1v) is 7.86. The number of benzene rings is 1. The Hall–Kier alpha value is -3.42. The number of carbonyl (C=O) groups is 2. The van der Waals surface area contributed by atoms with E-state index in [2.05, 4.69) is 20.1 Å². The van der Waals surface area contributed by atoms with Crippen molar-refractivity contribution in [3.8, 4) is 16.9 Å². The molecular weight excluding hydrogens is 336 g/mol. The minimum absolute atomic E-state index is 0.172. The molecule has 0 saturated heterocycles. The third-order valence-corrected chi connectivity index (χ3v) is 3.96. The van der Waals surface area contributed by atoms with Crippen LogP contribution in [0, 0.1) is 0 Å². The number of aryl methyl sites for hydroxylation is 1. The summed E-state index contributed by atoms with van der Waals surface area (Å²) in [5, 5.41) is 7.52. The Morgan fingerprint density at radius 3 is 2.69 bits per heavy atom. The summed E-state index contributed by atoms with van der Waals surface area (Å²) in [6, 6.07) is 9.16. The van der Waals surface area contributed by atoms with Gasteiger partial charge in [0.1, 0.15) is 18.0 Å². The summed E-state index contributed by atoms with van der Waals surface area (Å²) in [4.78, 5) is 28.1. The van der Waals surface area contributed by atoms with Crippen LogP contribution in [0.15, 0.2) is 36.5 Å². The van der Waals surface area contributed by atoms with Gasteiger partial charge in [0.25, 0.3) is 5.91 Å². The summed E-state index contributed by atoms with van der Waals surface area (Å²) in [5.41, 5.74) is 2.31. The van der Waals surface area contributed by atoms with Crippen LogP contribution in [-0.4, -0.2) is 47.4 Å². The maximum atomic E-state index is 12.4. The third-order valence-electron chi connectivity index (χ3n) is 3.96. The fraction of sp³-hybridized carbons (Fsp3) is 0.222. The molecule has 1 aromatic carbocycles. The molecule has 0 aliphatic rings. The molecule has 8 heteroatoms. The summed E-state index contributed by atoms with van der Waals surface area (Å²) in [7, 11) is 4.59. The number of pyridine rings is 1. The van der Waals surface area contributed by atoms with Gasteiger partial charge in [0, 0.05) is 23.6 Å². The zero-order valence-electron chi connectivity index (χ0n) is 14.6. The Bertz CT molecular complexity index is 980. The molecule has 2 heterocycles. The highest BCUT2D eigenvalue weighted by molar-refractivity contribution is 6.01. The van der Waals surface area contributed by atoms with Crippen molar-refractivity contribution in [2.24, 2.45) is 7.05 Å². The molecule has 2 aromatic heterocycles. The van der Waals surface area contributed by atoms with Crippen molar-refractivity contribution < 1.29 is 19.1 Å². The summed E-state index contributed by atoms with van der Waals surface area (Å²) in [6.45, 7) is -0.232. The fourth-order valence-electron chi connectivity index (χ4n) is 2.64. The third kappa shape index (κ3) is 3.21. The van der Waals surface area contributed by atoms with Crippen LogP contribution in [0.4, 0.5) is 0 Å². The molecule has 1 amide bonds. The molecule has 0 aliphatic heterocycles. The predicted octanol–water partition coefficient (Wildman–Crippen LogP) is 1.55. The van der Waals surface area contributed by atoms with Crippen molar-refractivity contribution in [3.63, 3.8) is 0 Å². The van der Waals surface area contributed by atoms with Gasteiger partial charge in [-0.15, -0.1) is 0 Å². The van der Waals surface area contributed by atoms with E-state index in [1.165, 1.54) is 7.11 Å². The van der Waals surface area contributed by atoms with Gasteiger partial charge in [-0.1, -0.05) is 18.2 Å². The first kappa shape index (κ1) is 17.4. The summed E-state index contributed by atoms with van der Waals surface area (Å²) >= 11 is 0. The quantitative estimate of drug-likeness (QED) is 0.699. The zero-order valence-corrected chi connectivity index (χ0v) is 14.6. The molecule has 0 radical (unpaired) electrons. The Balaban J connectivity index is 2.11. The lowest BCUT2D eigenvalue weighted by atomic mass is 10.0. The standard InChI is InChI=1S/C18H18N4O4/c1-22-17-13(9-20-22)12(11-6-4-5-7-15(11)25-2)8-14(21-17)18(24)19-10-16(23)26-3/h4-9H,10H2,1-3H3,(H,19,24). The number of methoxy groups -OCH3 is 2. The molecule has 0 unspecified atom stereocenters. The van der Waals surface area contributed by atoms with Crippen molar-refractivity contribution in [3.05, 3.63) is 42.2 Å². The minimum atomic E-state index is -0.537. The highest BCUT2D eigenvalue weighted by Gasteiger charge is 2.18. The van der Waals surface area contributed by atoms with Crippen LogP contribution < -0.4 is 10.1 Å². The smallest absolute Gasteiger partial charge is 0.325 e. The number of rotatable bonds is 5. The van der Waals surface area contributed by atoms with E-state index in [-0.39, 0.29) is 12.2 Å². The molecular formula is C18H18N4O4. The van der Waals surface area contributed by atoms with E-state index in [4.69, 9.17) is 4.74 Å². The topological polar surface area (TPSA) is 95.3 Å². The van der Waals surface area contributed by atoms with Gasteiger partial charge in [0.2, 0.25) is 0 Å². The first-order chi connectivity index (χ1) is 12.5. The van der Waals surface area contributed by atoms with Gasteiger partial charge in [0.05, 0.1) is 20.4 Å². The second-order valence-electron chi connectivity index (χ2n) is 5.52. The molecule has 1 N–H and O–H groups in total. The number of hydrogen-bond donors (Lipinski definition) is 1. The summed E-state index contributed by atoms with van der Waals surface area (Å²) in [6.07, 6.45) is 1.69. The van der Waals surface area contributed by atoms with Gasteiger partial charge < -0.3 is 14.8 Å². The summed E-state index contributed by atoms with van der Waals surface area (Å²) in [5.74, 6) is -0.343. The zero-order chi connectivity index (χ0) is 18.7. The van der Waals surface area contributed by atoms with Crippen LogP contribution in [0.1, 0.15) is 10.5 Å². The lowest BCUT2D eigenvalue weighted by Gasteiger charge is -2.11. The second-order valence-corrected chi connectivity index (χ2v) is 5.52. The van der Waals surface area contributed by atoms with E-state index >= 15 is 0 Å². The van der Waals surface area contributed by atoms with Gasteiger partial charge in [0.15, 0.2) is 5.65 Å². The van der Waals surface area contributed by atoms with Gasteiger partial charge in [-0.2, -0.15) is 5.10 Å². The lowest BCUT2D eigenvalue weighted by Crippen LogP contribution is -2.30. The molecule has 3 rings (SSSR count). The van der Waals surface area contributed by atoms with Gasteiger partial charge >= 0.3 is 5.97 Å². The minimum Gasteiger partial charge on any atom is -0.496 e. The van der Waals surface area contributed by atoms with E-state index < -0.39 is 11.9 Å². The lowest BCUT2D eigenvalue weighted by molar-refractivity contribution is -0.139. The van der Waals surface area contributed by atoms with Crippen LogP contribution in [0.2, 0.25) is 0 Å². The maximum absolute atomic E-state index is 12.4. The fourth-order valence-corrected chi connectivity index (χ4v) is 2.64. The molecule has 8 nitrogen and oxygen atoms in total. The molecule has 134 valence electrons. The van der Waals surface area contributed by atoms with Crippen LogP contribution in [-0.2, 0) is 16.6 Å². The number of aromatic nitrogens is 3. The van der Waals surface area contributed by atoms with Crippen molar-refractivity contribution >= 4 is 22.9 Å². The maximum Gasteiger partial charge on any atom is 0.325 e. The van der Waals surface area contributed by atoms with Crippen LogP contribution in [0.3, 0.4) is 0 Å². The Morgan fingerprint density at radius 2 is 1.96 bits per heavy atom. The van der Waals surface area contributed by atoms with Crippen molar-refractivity contribution in [2.75, 3.05) is 20.8 Å². The van der Waals surface area contributed by atoms with Crippen molar-refractivity contribution in [1.82, 2.24) is 20.1 Å². The number of fused-ring (bicyclic) bond motifs is 1. The average Bonchev–Trinajstić information content (AvgIpc) is 3.06. The van der Waals surface area contributed by atoms with E-state index in [1.807, 2.05) is 24.3 Å². The van der Waals surface area contributed by atoms with Crippen molar-refractivity contribution in [1.29, 1.82) is 0 Å². The van der Waals surface area contributed by atoms with Gasteiger partial charge in [-0.3, -0.25) is 14.3 Å². The molecule has 26 heavy (non-hydrogen) atoms. The number of para-hydroxylation sites is 1. The normalized spacial score (nSPS) is 10.6. The van der Waals surface area contributed by atoms with Gasteiger partial charge in [-0.05, 0) is 12.1 Å². The molecule has 0 fully saturated rings. The number of amides is 1. The number of carbonyl (C=O) groups excluding carboxylic acids is 2. The van der Waals surface area contributed by atoms with E-state index in [1.54, 1.807) is 31.1 Å². The molecule has 0 saturated carbocycles. The Labute approximate surface area is 149 Å². The van der Waals surface area contributed by atoms with Crippen LogP contribution in [0.25, 0.3) is 22.2 Å². The van der Waals surface area contributed by atoms with E-state index in [9.17, 15) is 9.59 Å². The Morgan fingerprint density at radius 1 is 1.19 bits per heavy atom. The number of nitrogens with one attached hydrogen (secondary N) is 1. The molecule has 0 aliphatic carbocycles. The second kappa shape index (κ2) is 7.22. The number of nitrogens with zero attached hydrogens (tertiary/aromatic N) is 3. The average molecular weight is 354 g/mol. The van der Waals surface area contributed by atoms with E-state index in [0.29, 0.717) is 11.4 Å². The monoisotopic (exact) mass is 354 g/mol. The Kier molecular flexibility index (Phi) is 4.83. The van der Waals surface area contributed by atoms with E-state index in [0.717, 1.165) is 16.5 Å². The predicted molar refractivity (Wildman–Crippen MR) is 94.8 cm³/mol. The van der Waals surface area contributed by atoms with Crippen molar-refractivity contribution in [2.45, 2.75) is 0 Å². The molecule has 0 atom stereocenters. The summed E-state index contributed by atoms with van der Waals surface area (Å²) < 4.78 is 11.6. The van der Waals surface area contributed by atoms with Gasteiger partial charge in [-0.25, -0.2) is 4.98 Å². The highest BCUT2D eigenvalue weighted by Crippen LogP contribution is 2.34. The molecule has 0 bridgehead atoms. The van der Waals surface area contributed by atoms with Crippen LogP contribution in [0.5, 0.6) is 5.75 Å². The number of ether oxygens (including phenoxy) is 2. The first-order valence-electron chi connectivity index (χ1n) is 7.86. The number of esters is 1. The SMILES string of the molecule is COC(=O)CNC(=O)c1cc(-c2ccccc2OC)c2cnn(C)c2n1. The largest absolute Gasteiger partial charge is 0.496 e. The number of hydrogen-bond acceptors (Lipinski definition) is 6. The van der Waals surface area contributed by atoms with Crippen LogP contribution >= 0.6 is 0 Å². The highest BCUT2D eigenvalue weighted by atomic mass is 16.5.